The Kier molecular flexibility index (Phi) is 9.90. The zero-order chi connectivity index (χ0) is 14.7. The number of carbonyl (C=O) groups excluding carboxylic acids is 2. The SMILES string of the molecule is [B]C(=O)CC(=O)C(C)(CCCC)CCCCCCC. The maximum Gasteiger partial charge on any atom is 0.168 e. The van der Waals surface area contributed by atoms with Crippen molar-refractivity contribution in [3.05, 3.63) is 0 Å². The molecule has 0 heterocycles. The Morgan fingerprint density at radius 2 is 1.42 bits per heavy atom. The molecule has 0 aromatic heterocycles. The first-order chi connectivity index (χ1) is 8.96. The Morgan fingerprint density at radius 1 is 0.895 bits per heavy atom. The van der Waals surface area contributed by atoms with Crippen molar-refractivity contribution in [3.63, 3.8) is 0 Å². The number of hydrogen-bond acceptors (Lipinski definition) is 2. The Morgan fingerprint density at radius 3 is 1.95 bits per heavy atom. The highest BCUT2D eigenvalue weighted by Crippen LogP contribution is 2.33. The molecule has 2 nitrogen and oxygen atoms in total. The van der Waals surface area contributed by atoms with Crippen LogP contribution in [0, 0.1) is 5.41 Å². The second kappa shape index (κ2) is 10.2. The molecule has 0 saturated heterocycles. The average Bonchev–Trinajstić information content (AvgIpc) is 2.35. The van der Waals surface area contributed by atoms with Crippen molar-refractivity contribution in [2.75, 3.05) is 0 Å². The van der Waals surface area contributed by atoms with Gasteiger partial charge in [0.25, 0.3) is 0 Å². The standard InChI is InChI=1S/C16H29BO2/c1-4-6-8-9-10-12-16(3,11-7-5-2)14(18)13-15(17)19/h4-13H2,1-3H3. The Balaban J connectivity index is 4.32. The highest BCUT2D eigenvalue weighted by molar-refractivity contribution is 6.59. The van der Waals surface area contributed by atoms with Crippen LogP contribution >= 0.6 is 0 Å². The minimum Gasteiger partial charge on any atom is -0.312 e. The lowest BCUT2D eigenvalue weighted by Gasteiger charge is -2.28. The summed E-state index contributed by atoms with van der Waals surface area (Å²) in [4.78, 5) is 23.1. The fourth-order valence-electron chi connectivity index (χ4n) is 2.46. The zero-order valence-electron chi connectivity index (χ0n) is 13.0. The predicted octanol–water partition coefficient (Wildman–Crippen LogP) is 4.20. The van der Waals surface area contributed by atoms with Gasteiger partial charge in [0.1, 0.15) is 5.78 Å². The van der Waals surface area contributed by atoms with Crippen LogP contribution in [-0.2, 0) is 9.59 Å². The van der Waals surface area contributed by atoms with Gasteiger partial charge in [0.2, 0.25) is 0 Å². The molecule has 1 atom stereocenters. The lowest BCUT2D eigenvalue weighted by atomic mass is 9.74. The van der Waals surface area contributed by atoms with Crippen molar-refractivity contribution in [3.8, 4) is 0 Å². The van der Waals surface area contributed by atoms with Crippen LogP contribution in [0.25, 0.3) is 0 Å². The molecule has 3 heteroatoms. The fraction of sp³-hybridized carbons (Fsp3) is 0.875. The molecular formula is C16H29BO2. The van der Waals surface area contributed by atoms with E-state index in [2.05, 4.69) is 13.8 Å². The topological polar surface area (TPSA) is 34.1 Å². The van der Waals surface area contributed by atoms with Gasteiger partial charge in [-0.05, 0) is 12.8 Å². The predicted molar refractivity (Wildman–Crippen MR) is 81.4 cm³/mol. The van der Waals surface area contributed by atoms with E-state index in [-0.39, 0.29) is 17.6 Å². The molecule has 0 amide bonds. The lowest BCUT2D eigenvalue weighted by Crippen LogP contribution is -2.30. The highest BCUT2D eigenvalue weighted by atomic mass is 16.1. The van der Waals surface area contributed by atoms with E-state index in [0.717, 1.165) is 32.1 Å². The van der Waals surface area contributed by atoms with Gasteiger partial charge in [0, 0.05) is 5.41 Å². The first-order valence-corrected chi connectivity index (χ1v) is 7.78. The van der Waals surface area contributed by atoms with Crippen molar-refractivity contribution >= 4 is 19.3 Å². The van der Waals surface area contributed by atoms with Crippen LogP contribution in [0.5, 0.6) is 0 Å². The van der Waals surface area contributed by atoms with Crippen LogP contribution in [0.1, 0.15) is 85.0 Å². The van der Waals surface area contributed by atoms with Gasteiger partial charge >= 0.3 is 0 Å². The van der Waals surface area contributed by atoms with Crippen LogP contribution in [0.15, 0.2) is 0 Å². The van der Waals surface area contributed by atoms with Gasteiger partial charge in [-0.15, -0.1) is 0 Å². The molecule has 1 unspecified atom stereocenters. The van der Waals surface area contributed by atoms with E-state index in [1.54, 1.807) is 0 Å². The van der Waals surface area contributed by atoms with Gasteiger partial charge in [-0.2, -0.15) is 0 Å². The molecule has 2 radical (unpaired) electrons. The minimum atomic E-state index is -0.501. The number of hydrogen-bond donors (Lipinski definition) is 0. The lowest BCUT2D eigenvalue weighted by molar-refractivity contribution is -0.131. The van der Waals surface area contributed by atoms with E-state index in [0.29, 0.717) is 0 Å². The second-order valence-corrected chi connectivity index (χ2v) is 5.89. The first kappa shape index (κ1) is 18.4. The molecular weight excluding hydrogens is 235 g/mol. The highest BCUT2D eigenvalue weighted by Gasteiger charge is 2.31. The van der Waals surface area contributed by atoms with Gasteiger partial charge in [0.15, 0.2) is 7.85 Å². The summed E-state index contributed by atoms with van der Waals surface area (Å²) >= 11 is 0. The molecule has 0 rings (SSSR count). The summed E-state index contributed by atoms with van der Waals surface area (Å²) in [5.74, 6) is 0.0314. The minimum absolute atomic E-state index is 0.0314. The van der Waals surface area contributed by atoms with Crippen molar-refractivity contribution in [2.45, 2.75) is 85.0 Å². The van der Waals surface area contributed by atoms with E-state index < -0.39 is 5.68 Å². The normalized spacial score (nSPS) is 14.1. The Hall–Kier alpha value is -0.595. The molecule has 0 fully saturated rings. The van der Waals surface area contributed by atoms with Crippen LogP contribution in [0.4, 0.5) is 0 Å². The fourth-order valence-corrected chi connectivity index (χ4v) is 2.46. The summed E-state index contributed by atoms with van der Waals surface area (Å²) in [5.41, 5.74) is -0.851. The molecule has 0 bridgehead atoms. The molecule has 0 saturated carbocycles. The molecule has 0 N–H and O–H groups in total. The first-order valence-electron chi connectivity index (χ1n) is 7.78. The number of rotatable bonds is 12. The largest absolute Gasteiger partial charge is 0.312 e. The molecule has 0 aliphatic carbocycles. The maximum absolute atomic E-state index is 12.2. The van der Waals surface area contributed by atoms with Crippen molar-refractivity contribution in [1.29, 1.82) is 0 Å². The summed E-state index contributed by atoms with van der Waals surface area (Å²) in [6.45, 7) is 6.33. The number of Topliss-reactive ketones (excluding diaryl/α,β-unsaturated/α-hetero) is 1. The molecule has 0 aromatic carbocycles. The van der Waals surface area contributed by atoms with Crippen LogP contribution in [0.3, 0.4) is 0 Å². The van der Waals surface area contributed by atoms with Crippen LogP contribution in [0.2, 0.25) is 0 Å². The van der Waals surface area contributed by atoms with Crippen molar-refractivity contribution in [2.24, 2.45) is 5.41 Å². The summed E-state index contributed by atoms with van der Waals surface area (Å²) in [7, 11) is 5.15. The van der Waals surface area contributed by atoms with Gasteiger partial charge in [0.05, 0.1) is 12.1 Å². The summed E-state index contributed by atoms with van der Waals surface area (Å²) in [6, 6.07) is 0. The Bertz CT molecular complexity index is 276. The van der Waals surface area contributed by atoms with Crippen LogP contribution < -0.4 is 0 Å². The van der Waals surface area contributed by atoms with Gasteiger partial charge in [-0.25, -0.2) is 0 Å². The Labute approximate surface area is 120 Å². The smallest absolute Gasteiger partial charge is 0.168 e. The monoisotopic (exact) mass is 264 g/mol. The average molecular weight is 264 g/mol. The van der Waals surface area contributed by atoms with Crippen LogP contribution in [-0.4, -0.2) is 19.3 Å². The third kappa shape index (κ3) is 8.23. The quantitative estimate of drug-likeness (QED) is 0.301. The van der Waals surface area contributed by atoms with Crippen molar-refractivity contribution < 1.29 is 9.59 Å². The van der Waals surface area contributed by atoms with Gasteiger partial charge in [-0.1, -0.05) is 65.7 Å². The van der Waals surface area contributed by atoms with Gasteiger partial charge < -0.3 is 4.79 Å². The molecule has 0 spiro atoms. The van der Waals surface area contributed by atoms with E-state index >= 15 is 0 Å². The summed E-state index contributed by atoms with van der Waals surface area (Å²) < 4.78 is 0. The second-order valence-electron chi connectivity index (χ2n) is 5.89. The summed E-state index contributed by atoms with van der Waals surface area (Å²) in [5, 5.41) is 0. The third-order valence-electron chi connectivity index (χ3n) is 3.92. The molecule has 0 aliphatic heterocycles. The molecule has 19 heavy (non-hydrogen) atoms. The van der Waals surface area contributed by atoms with Gasteiger partial charge in [-0.3, -0.25) is 4.79 Å². The van der Waals surface area contributed by atoms with Crippen molar-refractivity contribution in [1.82, 2.24) is 0 Å². The molecule has 108 valence electrons. The summed E-state index contributed by atoms with van der Waals surface area (Å²) in [6.07, 6.45) is 9.77. The van der Waals surface area contributed by atoms with E-state index in [1.165, 1.54) is 25.7 Å². The van der Waals surface area contributed by atoms with E-state index in [1.807, 2.05) is 6.92 Å². The maximum atomic E-state index is 12.2. The third-order valence-corrected chi connectivity index (χ3v) is 3.92. The zero-order valence-corrected chi connectivity index (χ0v) is 13.0. The number of carbonyl (C=O) groups is 2. The molecule has 0 aromatic rings. The van der Waals surface area contributed by atoms with E-state index in [9.17, 15) is 9.59 Å². The molecule has 0 aliphatic rings. The number of unbranched alkanes of at least 4 members (excludes halogenated alkanes) is 5. The number of ketones is 1. The van der Waals surface area contributed by atoms with E-state index in [4.69, 9.17) is 7.85 Å².